The number of amides is 1. The summed E-state index contributed by atoms with van der Waals surface area (Å²) in [6.07, 6.45) is 4.04. The normalized spacial score (nSPS) is 16.8. The van der Waals surface area contributed by atoms with Crippen LogP contribution in [-0.2, 0) is 0 Å². The minimum Gasteiger partial charge on any atom is -0.464 e. The van der Waals surface area contributed by atoms with Crippen LogP contribution in [-0.4, -0.2) is 52.2 Å². The summed E-state index contributed by atoms with van der Waals surface area (Å²) in [6, 6.07) is 3.88. The number of rotatable bonds is 4. The Bertz CT molecular complexity index is 1000. The molecular weight excluding hydrogens is 380 g/mol. The third-order valence-electron chi connectivity index (χ3n) is 5.31. The average Bonchev–Trinajstić information content (AvgIpc) is 3.23. The van der Waals surface area contributed by atoms with Crippen molar-refractivity contribution in [1.82, 2.24) is 25.4 Å². The molecule has 5 rings (SSSR count). The van der Waals surface area contributed by atoms with E-state index in [1.807, 2.05) is 24.0 Å². The Labute approximate surface area is 168 Å². The van der Waals surface area contributed by atoms with Gasteiger partial charge in [-0.1, -0.05) is 0 Å². The lowest BCUT2D eigenvalue weighted by molar-refractivity contribution is 0.0729. The molecule has 3 aromatic heterocycles. The highest BCUT2D eigenvalue weighted by Crippen LogP contribution is 2.40. The second-order valence-corrected chi connectivity index (χ2v) is 7.25. The Hall–Kier alpha value is -2.58. The van der Waals surface area contributed by atoms with Crippen molar-refractivity contribution in [3.05, 3.63) is 35.3 Å². The number of hydrogen-bond donors (Lipinski definition) is 3. The number of anilines is 2. The van der Waals surface area contributed by atoms with E-state index in [2.05, 4.69) is 25.8 Å². The molecule has 0 bridgehead atoms. The maximum absolute atomic E-state index is 13.0. The Balaban J connectivity index is 0.00000192. The van der Waals surface area contributed by atoms with Gasteiger partial charge in [-0.15, -0.1) is 12.4 Å². The first-order valence-corrected chi connectivity index (χ1v) is 9.41. The number of piperazine rings is 1. The number of halogens is 1. The van der Waals surface area contributed by atoms with Crippen molar-refractivity contribution < 1.29 is 9.21 Å². The van der Waals surface area contributed by atoms with Crippen LogP contribution in [0.2, 0.25) is 0 Å². The van der Waals surface area contributed by atoms with E-state index < -0.39 is 0 Å². The number of carbonyl (C=O) groups excluding carboxylic acids is 1. The quantitative estimate of drug-likeness (QED) is 0.620. The number of pyridine rings is 1. The molecule has 3 N–H and O–H groups in total. The summed E-state index contributed by atoms with van der Waals surface area (Å²) in [5.74, 6) is 1.84. The zero-order chi connectivity index (χ0) is 18.4. The Kier molecular flexibility index (Phi) is 4.99. The third-order valence-corrected chi connectivity index (χ3v) is 5.31. The van der Waals surface area contributed by atoms with Crippen LogP contribution in [0.5, 0.6) is 0 Å². The molecule has 8 nitrogen and oxygen atoms in total. The van der Waals surface area contributed by atoms with Crippen LogP contribution >= 0.6 is 12.4 Å². The van der Waals surface area contributed by atoms with Gasteiger partial charge >= 0.3 is 0 Å². The maximum Gasteiger partial charge on any atom is 0.273 e. The fourth-order valence-corrected chi connectivity index (χ4v) is 3.60. The number of hydrogen-bond acceptors (Lipinski definition) is 6. The minimum absolute atomic E-state index is 0. The van der Waals surface area contributed by atoms with Crippen molar-refractivity contribution in [3.8, 4) is 0 Å². The van der Waals surface area contributed by atoms with Crippen molar-refractivity contribution in [3.63, 3.8) is 0 Å². The predicted molar refractivity (Wildman–Crippen MR) is 109 cm³/mol. The molecule has 0 spiro atoms. The smallest absolute Gasteiger partial charge is 0.273 e. The molecule has 0 unspecified atom stereocenters. The largest absolute Gasteiger partial charge is 0.464 e. The molecule has 3 aromatic rings. The fourth-order valence-electron chi connectivity index (χ4n) is 3.60. The summed E-state index contributed by atoms with van der Waals surface area (Å²) in [7, 11) is 0. The van der Waals surface area contributed by atoms with E-state index in [1.54, 1.807) is 6.26 Å². The zero-order valence-corrected chi connectivity index (χ0v) is 16.4. The van der Waals surface area contributed by atoms with Crippen LogP contribution in [0.15, 0.2) is 22.8 Å². The van der Waals surface area contributed by atoms with E-state index in [0.29, 0.717) is 41.9 Å². The van der Waals surface area contributed by atoms with Crippen LogP contribution in [0.3, 0.4) is 0 Å². The fraction of sp³-hybridized carbons (Fsp3) is 0.421. The summed E-state index contributed by atoms with van der Waals surface area (Å²) in [6.45, 7) is 4.86. The van der Waals surface area contributed by atoms with Gasteiger partial charge in [0.15, 0.2) is 5.82 Å². The van der Waals surface area contributed by atoms with E-state index in [1.165, 1.54) is 12.8 Å². The first-order chi connectivity index (χ1) is 13.2. The molecule has 1 aliphatic carbocycles. The number of aromatic amines is 1. The summed E-state index contributed by atoms with van der Waals surface area (Å²) < 4.78 is 5.67. The lowest BCUT2D eigenvalue weighted by Crippen LogP contribution is -2.46. The SMILES string of the molecule is Cc1c(C(=O)N2CCNCC2)nc(Nc2cc(C3CC3)[nH]n2)c2ccoc12.Cl. The zero-order valence-electron chi connectivity index (χ0n) is 15.6. The first-order valence-electron chi connectivity index (χ1n) is 9.41. The Morgan fingerprint density at radius 3 is 2.86 bits per heavy atom. The van der Waals surface area contributed by atoms with Crippen molar-refractivity contribution in [2.75, 3.05) is 31.5 Å². The molecule has 9 heteroatoms. The van der Waals surface area contributed by atoms with Gasteiger partial charge in [0.05, 0.1) is 11.6 Å². The van der Waals surface area contributed by atoms with Gasteiger partial charge in [0, 0.05) is 49.4 Å². The molecule has 0 radical (unpaired) electrons. The van der Waals surface area contributed by atoms with Crippen LogP contribution in [0, 0.1) is 6.92 Å². The molecule has 1 saturated heterocycles. The molecule has 2 fully saturated rings. The number of nitrogens with zero attached hydrogens (tertiary/aromatic N) is 3. The summed E-state index contributed by atoms with van der Waals surface area (Å²) in [5.41, 5.74) is 3.03. The van der Waals surface area contributed by atoms with Gasteiger partial charge in [0.1, 0.15) is 17.1 Å². The Morgan fingerprint density at radius 2 is 2.11 bits per heavy atom. The number of carbonyl (C=O) groups is 1. The first kappa shape index (κ1) is 18.8. The van der Waals surface area contributed by atoms with Crippen molar-refractivity contribution in [1.29, 1.82) is 0 Å². The maximum atomic E-state index is 13.0. The topological polar surface area (TPSA) is 99.1 Å². The molecule has 28 heavy (non-hydrogen) atoms. The van der Waals surface area contributed by atoms with E-state index in [9.17, 15) is 4.79 Å². The van der Waals surface area contributed by atoms with Crippen LogP contribution in [0.25, 0.3) is 11.0 Å². The van der Waals surface area contributed by atoms with Crippen molar-refractivity contribution >= 4 is 40.9 Å². The number of fused-ring (bicyclic) bond motifs is 1. The highest BCUT2D eigenvalue weighted by Gasteiger charge is 2.27. The molecule has 0 aromatic carbocycles. The van der Waals surface area contributed by atoms with E-state index in [0.717, 1.165) is 29.7 Å². The van der Waals surface area contributed by atoms with Gasteiger partial charge in [0.25, 0.3) is 5.91 Å². The van der Waals surface area contributed by atoms with Crippen LogP contribution < -0.4 is 10.6 Å². The summed E-state index contributed by atoms with van der Waals surface area (Å²) in [4.78, 5) is 19.6. The monoisotopic (exact) mass is 402 g/mol. The predicted octanol–water partition coefficient (Wildman–Crippen LogP) is 2.95. The van der Waals surface area contributed by atoms with E-state index >= 15 is 0 Å². The minimum atomic E-state index is -0.0592. The van der Waals surface area contributed by atoms with E-state index in [-0.39, 0.29) is 18.3 Å². The standard InChI is InChI=1S/C19H22N6O2.ClH/c1-11-16(19(26)25-7-5-20-6-8-25)22-18(13-4-9-27-17(11)13)21-15-10-14(23-24-15)12-2-3-12;/h4,9-10,12,20H,2-3,5-8H2,1H3,(H2,21,22,23,24);1H. The lowest BCUT2D eigenvalue weighted by atomic mass is 10.1. The molecule has 1 saturated carbocycles. The molecule has 1 aliphatic heterocycles. The average molecular weight is 403 g/mol. The van der Waals surface area contributed by atoms with Crippen LogP contribution in [0.4, 0.5) is 11.6 Å². The number of aryl methyl sites for hydroxylation is 1. The second kappa shape index (κ2) is 7.44. The van der Waals surface area contributed by atoms with Crippen molar-refractivity contribution in [2.24, 2.45) is 0 Å². The molecule has 2 aliphatic rings. The van der Waals surface area contributed by atoms with Gasteiger partial charge in [-0.25, -0.2) is 4.98 Å². The van der Waals surface area contributed by atoms with Gasteiger partial charge < -0.3 is 20.0 Å². The molecule has 148 valence electrons. The second-order valence-electron chi connectivity index (χ2n) is 7.25. The highest BCUT2D eigenvalue weighted by atomic mass is 35.5. The van der Waals surface area contributed by atoms with Crippen LogP contribution in [0.1, 0.15) is 40.5 Å². The van der Waals surface area contributed by atoms with E-state index in [4.69, 9.17) is 4.42 Å². The summed E-state index contributed by atoms with van der Waals surface area (Å²) >= 11 is 0. The number of nitrogens with one attached hydrogen (secondary N) is 3. The Morgan fingerprint density at radius 1 is 1.32 bits per heavy atom. The van der Waals surface area contributed by atoms with Gasteiger partial charge in [-0.05, 0) is 25.8 Å². The molecule has 4 heterocycles. The lowest BCUT2D eigenvalue weighted by Gasteiger charge is -2.27. The number of H-pyrrole nitrogens is 1. The molecule has 0 atom stereocenters. The summed E-state index contributed by atoms with van der Waals surface area (Å²) in [5, 5.41) is 14.8. The molecule has 1 amide bonds. The number of furan rings is 1. The molecular formula is C19H23ClN6O2. The third kappa shape index (κ3) is 3.33. The number of aromatic nitrogens is 3. The van der Waals surface area contributed by atoms with Crippen molar-refractivity contribution in [2.45, 2.75) is 25.7 Å². The highest BCUT2D eigenvalue weighted by molar-refractivity contribution is 6.01. The van der Waals surface area contributed by atoms with Gasteiger partial charge in [0.2, 0.25) is 0 Å². The van der Waals surface area contributed by atoms with Gasteiger partial charge in [-0.3, -0.25) is 9.89 Å². The van der Waals surface area contributed by atoms with Gasteiger partial charge in [-0.2, -0.15) is 5.10 Å².